The predicted molar refractivity (Wildman–Crippen MR) is 79.4 cm³/mol. The molecule has 1 saturated carbocycles. The molecule has 0 aliphatic heterocycles. The smallest absolute Gasteiger partial charge is 0.123 e. The molecule has 2 rings (SSSR count). The lowest BCUT2D eigenvalue weighted by atomic mass is 10.1. The number of nitrogens with one attached hydrogen (secondary N) is 1. The van der Waals surface area contributed by atoms with Crippen LogP contribution in [0, 0.1) is 5.92 Å². The van der Waals surface area contributed by atoms with Gasteiger partial charge in [0.1, 0.15) is 5.75 Å². The van der Waals surface area contributed by atoms with Gasteiger partial charge in [-0.3, -0.25) is 0 Å². The van der Waals surface area contributed by atoms with E-state index in [9.17, 15) is 0 Å². The van der Waals surface area contributed by atoms with Crippen molar-refractivity contribution in [2.45, 2.75) is 32.9 Å². The van der Waals surface area contributed by atoms with Gasteiger partial charge in [0.2, 0.25) is 0 Å². The summed E-state index contributed by atoms with van der Waals surface area (Å²) in [5, 5.41) is 3.37. The summed E-state index contributed by atoms with van der Waals surface area (Å²) in [4.78, 5) is 2.41. The lowest BCUT2D eigenvalue weighted by Gasteiger charge is -2.19. The molecule has 0 spiro atoms. The van der Waals surface area contributed by atoms with Crippen molar-refractivity contribution in [3.8, 4) is 5.75 Å². The van der Waals surface area contributed by atoms with Crippen LogP contribution in [-0.4, -0.2) is 32.1 Å². The van der Waals surface area contributed by atoms with Crippen LogP contribution in [0.15, 0.2) is 18.2 Å². The second-order valence-electron chi connectivity index (χ2n) is 5.57. The summed E-state index contributed by atoms with van der Waals surface area (Å²) in [5.74, 6) is 1.93. The van der Waals surface area contributed by atoms with Gasteiger partial charge in [-0.1, -0.05) is 13.0 Å². The molecular weight excluding hydrogens is 236 g/mol. The molecule has 1 aliphatic rings. The number of hydrogen-bond acceptors (Lipinski definition) is 3. The van der Waals surface area contributed by atoms with Crippen LogP contribution in [0.2, 0.25) is 0 Å². The van der Waals surface area contributed by atoms with Gasteiger partial charge in [-0.2, -0.15) is 0 Å². The normalized spacial score (nSPS) is 14.9. The molecule has 0 bridgehead atoms. The van der Waals surface area contributed by atoms with Gasteiger partial charge in [-0.25, -0.2) is 0 Å². The first-order valence-corrected chi connectivity index (χ1v) is 7.28. The van der Waals surface area contributed by atoms with Crippen molar-refractivity contribution in [2.24, 2.45) is 5.92 Å². The highest BCUT2D eigenvalue weighted by molar-refractivity contribution is 5.37. The van der Waals surface area contributed by atoms with Crippen LogP contribution in [0.3, 0.4) is 0 Å². The lowest BCUT2D eigenvalue weighted by molar-refractivity contribution is 0.305. The quantitative estimate of drug-likeness (QED) is 0.779. The Kier molecular flexibility index (Phi) is 5.23. The molecule has 19 heavy (non-hydrogen) atoms. The Bertz CT molecular complexity index is 402. The number of benzene rings is 1. The van der Waals surface area contributed by atoms with E-state index in [0.29, 0.717) is 0 Å². The molecule has 0 amide bonds. The van der Waals surface area contributed by atoms with Crippen molar-refractivity contribution >= 4 is 0 Å². The van der Waals surface area contributed by atoms with E-state index in [1.807, 2.05) is 0 Å². The summed E-state index contributed by atoms with van der Waals surface area (Å²) in [6.45, 7) is 6.25. The highest BCUT2D eigenvalue weighted by Crippen LogP contribution is 2.30. The maximum Gasteiger partial charge on any atom is 0.123 e. The Morgan fingerprint density at radius 2 is 2.16 bits per heavy atom. The van der Waals surface area contributed by atoms with Crippen LogP contribution < -0.4 is 10.1 Å². The summed E-state index contributed by atoms with van der Waals surface area (Å²) < 4.78 is 5.48. The van der Waals surface area contributed by atoms with Crippen molar-refractivity contribution in [2.75, 3.05) is 27.2 Å². The fraction of sp³-hybridized carbons (Fsp3) is 0.625. The topological polar surface area (TPSA) is 24.5 Å². The molecule has 1 N–H and O–H groups in total. The largest absolute Gasteiger partial charge is 0.496 e. The van der Waals surface area contributed by atoms with Gasteiger partial charge in [0.15, 0.2) is 0 Å². The molecule has 106 valence electrons. The Morgan fingerprint density at radius 3 is 2.79 bits per heavy atom. The van der Waals surface area contributed by atoms with E-state index < -0.39 is 0 Å². The third kappa shape index (κ3) is 4.51. The minimum atomic E-state index is 0.930. The van der Waals surface area contributed by atoms with Crippen molar-refractivity contribution in [1.29, 1.82) is 0 Å². The van der Waals surface area contributed by atoms with E-state index in [-0.39, 0.29) is 0 Å². The zero-order valence-electron chi connectivity index (χ0n) is 12.4. The second kappa shape index (κ2) is 6.92. The zero-order valence-corrected chi connectivity index (χ0v) is 12.4. The number of hydrogen-bond donors (Lipinski definition) is 1. The van der Waals surface area contributed by atoms with Gasteiger partial charge in [0.05, 0.1) is 7.11 Å². The molecule has 1 aliphatic carbocycles. The van der Waals surface area contributed by atoms with Gasteiger partial charge in [0.25, 0.3) is 0 Å². The summed E-state index contributed by atoms with van der Waals surface area (Å²) in [6, 6.07) is 6.50. The van der Waals surface area contributed by atoms with Crippen LogP contribution >= 0.6 is 0 Å². The summed E-state index contributed by atoms with van der Waals surface area (Å²) in [5.41, 5.74) is 2.62. The predicted octanol–water partition coefficient (Wildman–Crippen LogP) is 2.65. The van der Waals surface area contributed by atoms with E-state index in [1.54, 1.807) is 7.11 Å². The molecule has 0 atom stereocenters. The van der Waals surface area contributed by atoms with Gasteiger partial charge < -0.3 is 15.0 Å². The third-order valence-electron chi connectivity index (χ3n) is 3.63. The molecule has 3 nitrogen and oxygen atoms in total. The fourth-order valence-electron chi connectivity index (χ4n) is 2.43. The van der Waals surface area contributed by atoms with E-state index in [1.165, 1.54) is 30.5 Å². The molecule has 3 heteroatoms. The second-order valence-corrected chi connectivity index (χ2v) is 5.57. The Labute approximate surface area is 116 Å². The van der Waals surface area contributed by atoms with E-state index >= 15 is 0 Å². The van der Waals surface area contributed by atoms with Crippen LogP contribution in [0.25, 0.3) is 0 Å². The highest BCUT2D eigenvalue weighted by atomic mass is 16.5. The van der Waals surface area contributed by atoms with Crippen LogP contribution in [0.4, 0.5) is 0 Å². The summed E-state index contributed by atoms with van der Waals surface area (Å²) in [7, 11) is 3.96. The maximum atomic E-state index is 5.48. The van der Waals surface area contributed by atoms with Crippen molar-refractivity contribution in [3.05, 3.63) is 29.3 Å². The first-order chi connectivity index (χ1) is 9.22. The first-order valence-electron chi connectivity index (χ1n) is 7.28. The Hall–Kier alpha value is -1.06. The van der Waals surface area contributed by atoms with Gasteiger partial charge >= 0.3 is 0 Å². The molecule has 1 fully saturated rings. The Morgan fingerprint density at radius 1 is 1.37 bits per heavy atom. The van der Waals surface area contributed by atoms with Crippen molar-refractivity contribution in [3.63, 3.8) is 0 Å². The number of rotatable bonds is 8. The number of methoxy groups -OCH3 is 1. The Balaban J connectivity index is 2.01. The lowest BCUT2D eigenvalue weighted by Crippen LogP contribution is -2.21. The minimum Gasteiger partial charge on any atom is -0.496 e. The standard InChI is InChI=1S/C16H26N2O/c1-4-17-10-14-7-8-16(19-3)15(9-14)12-18(2)11-13-5-6-13/h7-9,13,17H,4-6,10-12H2,1-3H3. The van der Waals surface area contributed by atoms with Gasteiger partial charge in [-0.15, -0.1) is 0 Å². The molecule has 1 aromatic carbocycles. The molecule has 0 aromatic heterocycles. The summed E-state index contributed by atoms with van der Waals surface area (Å²) >= 11 is 0. The van der Waals surface area contributed by atoms with E-state index in [2.05, 4.69) is 42.4 Å². The molecule has 0 unspecified atom stereocenters. The number of ether oxygens (including phenoxy) is 1. The minimum absolute atomic E-state index is 0.930. The maximum absolute atomic E-state index is 5.48. The molecule has 0 saturated heterocycles. The molecular formula is C16H26N2O. The van der Waals surface area contributed by atoms with Crippen molar-refractivity contribution < 1.29 is 4.74 Å². The highest BCUT2D eigenvalue weighted by Gasteiger charge is 2.23. The van der Waals surface area contributed by atoms with Crippen molar-refractivity contribution in [1.82, 2.24) is 10.2 Å². The molecule has 0 radical (unpaired) electrons. The average Bonchev–Trinajstić information content (AvgIpc) is 3.20. The van der Waals surface area contributed by atoms with Gasteiger partial charge in [-0.05, 0) is 50.0 Å². The monoisotopic (exact) mass is 262 g/mol. The first kappa shape index (κ1) is 14.4. The van der Waals surface area contributed by atoms with E-state index in [0.717, 1.165) is 31.3 Å². The third-order valence-corrected chi connectivity index (χ3v) is 3.63. The molecule has 0 heterocycles. The zero-order chi connectivity index (χ0) is 13.7. The van der Waals surface area contributed by atoms with Crippen LogP contribution in [0.1, 0.15) is 30.9 Å². The van der Waals surface area contributed by atoms with Crippen LogP contribution in [-0.2, 0) is 13.1 Å². The van der Waals surface area contributed by atoms with E-state index in [4.69, 9.17) is 4.74 Å². The van der Waals surface area contributed by atoms with Gasteiger partial charge in [0, 0.05) is 25.2 Å². The average molecular weight is 262 g/mol. The summed E-state index contributed by atoms with van der Waals surface area (Å²) in [6.07, 6.45) is 2.81. The number of nitrogens with zero attached hydrogens (tertiary/aromatic N) is 1. The van der Waals surface area contributed by atoms with Crippen LogP contribution in [0.5, 0.6) is 5.75 Å². The SMILES string of the molecule is CCNCc1ccc(OC)c(CN(C)CC2CC2)c1. The fourth-order valence-corrected chi connectivity index (χ4v) is 2.43. The molecule has 1 aromatic rings.